The summed E-state index contributed by atoms with van der Waals surface area (Å²) in [5, 5.41) is 38.5. The molecule has 2 atom stereocenters. The van der Waals surface area contributed by atoms with Gasteiger partial charge < -0.3 is 23.4 Å². The SMILES string of the molecule is COc1cc2c(c(OC)c1N=Nc1ccc([N+](=O)[O-])cc1C#N)C(C)CC(C)(C)N2CCCCOP(OCCC#N)N(C(C)C)C(C)C. The monoisotopic (exact) mass is 681 g/mol. The highest BCUT2D eigenvalue weighted by Gasteiger charge is 2.39. The summed E-state index contributed by atoms with van der Waals surface area (Å²) in [6.07, 6.45) is 2.87. The van der Waals surface area contributed by atoms with Crippen molar-refractivity contribution >= 4 is 31.3 Å². The lowest BCUT2D eigenvalue weighted by Crippen LogP contribution is -2.49. The molecular formula is C34H48N7O6P. The van der Waals surface area contributed by atoms with E-state index in [0.29, 0.717) is 36.8 Å². The van der Waals surface area contributed by atoms with Crippen LogP contribution in [0.5, 0.6) is 11.5 Å². The van der Waals surface area contributed by atoms with Crippen LogP contribution in [0, 0.1) is 32.8 Å². The van der Waals surface area contributed by atoms with Crippen molar-refractivity contribution in [2.75, 3.05) is 38.9 Å². The largest absolute Gasteiger partial charge is 0.494 e. The Bertz CT molecular complexity index is 1530. The van der Waals surface area contributed by atoms with Gasteiger partial charge in [-0.25, -0.2) is 4.67 Å². The van der Waals surface area contributed by atoms with Crippen molar-refractivity contribution in [3.8, 4) is 23.6 Å². The zero-order valence-corrected chi connectivity index (χ0v) is 30.4. The second-order valence-corrected chi connectivity index (χ2v) is 14.3. The van der Waals surface area contributed by atoms with Crippen LogP contribution in [0.4, 0.5) is 22.7 Å². The summed E-state index contributed by atoms with van der Waals surface area (Å²) >= 11 is 0. The van der Waals surface area contributed by atoms with Gasteiger partial charge >= 0.3 is 0 Å². The first kappa shape index (κ1) is 38.6. The number of ether oxygens (including phenoxy) is 2. The fourth-order valence-electron chi connectivity index (χ4n) is 6.24. The molecule has 48 heavy (non-hydrogen) atoms. The Morgan fingerprint density at radius 3 is 2.35 bits per heavy atom. The number of nitro benzene ring substituents is 1. The first-order valence-electron chi connectivity index (χ1n) is 16.2. The van der Waals surface area contributed by atoms with Gasteiger partial charge in [0.1, 0.15) is 11.8 Å². The molecule has 0 aliphatic carbocycles. The Labute approximate surface area is 285 Å². The molecule has 0 amide bonds. The predicted molar refractivity (Wildman–Crippen MR) is 186 cm³/mol. The zero-order valence-electron chi connectivity index (χ0n) is 29.5. The molecule has 3 rings (SSSR count). The Morgan fingerprint density at radius 2 is 1.77 bits per heavy atom. The van der Waals surface area contributed by atoms with Crippen molar-refractivity contribution in [3.05, 3.63) is 45.5 Å². The first-order valence-corrected chi connectivity index (χ1v) is 17.3. The average molecular weight is 682 g/mol. The van der Waals surface area contributed by atoms with Crippen LogP contribution in [0.3, 0.4) is 0 Å². The van der Waals surface area contributed by atoms with Crippen molar-refractivity contribution in [2.45, 2.75) is 97.7 Å². The van der Waals surface area contributed by atoms with Gasteiger partial charge in [0.2, 0.25) is 0 Å². The van der Waals surface area contributed by atoms with Crippen LogP contribution in [0.1, 0.15) is 91.2 Å². The van der Waals surface area contributed by atoms with E-state index in [0.717, 1.165) is 37.1 Å². The van der Waals surface area contributed by atoms with Crippen molar-refractivity contribution in [3.63, 3.8) is 0 Å². The smallest absolute Gasteiger partial charge is 0.270 e. The normalized spacial score (nSPS) is 16.2. The van der Waals surface area contributed by atoms with Gasteiger partial charge in [0.15, 0.2) is 17.2 Å². The molecule has 0 fully saturated rings. The van der Waals surface area contributed by atoms with E-state index in [1.807, 2.05) is 12.1 Å². The maximum Gasteiger partial charge on any atom is 0.270 e. The van der Waals surface area contributed by atoms with Crippen molar-refractivity contribution in [1.29, 1.82) is 10.5 Å². The number of fused-ring (bicyclic) bond motifs is 1. The fourth-order valence-corrected chi connectivity index (χ4v) is 7.87. The highest BCUT2D eigenvalue weighted by atomic mass is 31.2. The number of anilines is 1. The van der Waals surface area contributed by atoms with Crippen molar-refractivity contribution in [2.24, 2.45) is 10.2 Å². The molecule has 0 aromatic heterocycles. The molecule has 2 unspecified atom stereocenters. The lowest BCUT2D eigenvalue weighted by molar-refractivity contribution is -0.384. The lowest BCUT2D eigenvalue weighted by Gasteiger charge is -2.48. The van der Waals surface area contributed by atoms with Gasteiger partial charge in [0.25, 0.3) is 14.2 Å². The summed E-state index contributed by atoms with van der Waals surface area (Å²) in [5.41, 5.74) is 2.25. The van der Waals surface area contributed by atoms with Crippen LogP contribution in [-0.4, -0.2) is 61.2 Å². The van der Waals surface area contributed by atoms with Crippen LogP contribution in [0.25, 0.3) is 0 Å². The molecule has 1 heterocycles. The van der Waals surface area contributed by atoms with Gasteiger partial charge in [-0.1, -0.05) is 6.92 Å². The Kier molecular flexibility index (Phi) is 14.1. The number of rotatable bonds is 17. The summed E-state index contributed by atoms with van der Waals surface area (Å²) in [5.74, 6) is 1.12. The summed E-state index contributed by atoms with van der Waals surface area (Å²) < 4.78 is 26.4. The second-order valence-electron chi connectivity index (χ2n) is 12.8. The number of nitrogens with zero attached hydrogens (tertiary/aromatic N) is 7. The molecule has 2 aromatic rings. The summed E-state index contributed by atoms with van der Waals surface area (Å²) in [6, 6.07) is 10.4. The molecule has 0 bridgehead atoms. The average Bonchev–Trinajstić information content (AvgIpc) is 3.03. The minimum absolute atomic E-state index is 0.0385. The quantitative estimate of drug-likeness (QED) is 0.0518. The topological polar surface area (TPSA) is 159 Å². The molecule has 13 nitrogen and oxygen atoms in total. The third-order valence-electron chi connectivity index (χ3n) is 8.19. The zero-order chi connectivity index (χ0) is 35.6. The van der Waals surface area contributed by atoms with Crippen molar-refractivity contribution in [1.82, 2.24) is 4.67 Å². The third-order valence-corrected chi connectivity index (χ3v) is 10.3. The van der Waals surface area contributed by atoms with Crippen LogP contribution >= 0.6 is 8.53 Å². The Balaban J connectivity index is 1.88. The Morgan fingerprint density at radius 1 is 1.08 bits per heavy atom. The number of methoxy groups -OCH3 is 2. The molecule has 0 spiro atoms. The van der Waals surface area contributed by atoms with Crippen LogP contribution in [-0.2, 0) is 9.05 Å². The molecule has 2 aromatic carbocycles. The predicted octanol–water partition coefficient (Wildman–Crippen LogP) is 9.06. The van der Waals surface area contributed by atoms with E-state index in [1.165, 1.54) is 18.2 Å². The van der Waals surface area contributed by atoms with E-state index in [2.05, 4.69) is 74.3 Å². The molecule has 0 saturated carbocycles. The van der Waals surface area contributed by atoms with E-state index < -0.39 is 13.4 Å². The fraction of sp³-hybridized carbons (Fsp3) is 0.588. The third kappa shape index (κ3) is 9.18. The number of nitriles is 2. The molecule has 0 saturated heterocycles. The molecule has 0 radical (unpaired) electrons. The summed E-state index contributed by atoms with van der Waals surface area (Å²) in [4.78, 5) is 13.0. The van der Waals surface area contributed by atoms with E-state index in [-0.39, 0.29) is 40.5 Å². The number of hydrogen-bond acceptors (Lipinski definition) is 12. The first-order chi connectivity index (χ1) is 22.8. The molecule has 1 aliphatic rings. The lowest BCUT2D eigenvalue weighted by atomic mass is 9.79. The minimum Gasteiger partial charge on any atom is -0.494 e. The van der Waals surface area contributed by atoms with E-state index in [1.54, 1.807) is 14.2 Å². The standard InChI is InChI=1S/C34H48N7O6P/c1-23(2)40(24(3)4)48(47-18-12-15-35)46-17-11-10-16-39-29-20-30(44-8)32(33(45-9)31(29)25(5)21-34(39,6)7)38-37-28-14-13-27(41(42)43)19-26(28)22-36/h13-14,19-20,23-25H,10-12,16-18,21H2,1-9H3. The van der Waals surface area contributed by atoms with E-state index >= 15 is 0 Å². The van der Waals surface area contributed by atoms with E-state index in [9.17, 15) is 15.4 Å². The molecule has 260 valence electrons. The molecule has 1 aliphatic heterocycles. The number of benzene rings is 2. The van der Waals surface area contributed by atoms with Gasteiger partial charge in [0.05, 0.1) is 50.4 Å². The molecule has 0 N–H and O–H groups in total. The summed E-state index contributed by atoms with van der Waals surface area (Å²) in [7, 11) is 1.85. The second kappa shape index (κ2) is 17.5. The summed E-state index contributed by atoms with van der Waals surface area (Å²) in [6.45, 7) is 16.8. The number of non-ortho nitro benzene ring substituents is 1. The van der Waals surface area contributed by atoms with Crippen LogP contribution in [0.15, 0.2) is 34.5 Å². The van der Waals surface area contributed by atoms with Gasteiger partial charge in [-0.15, -0.1) is 10.2 Å². The highest BCUT2D eigenvalue weighted by Crippen LogP contribution is 2.54. The maximum absolute atomic E-state index is 11.2. The minimum atomic E-state index is -1.29. The van der Waals surface area contributed by atoms with Crippen LogP contribution < -0.4 is 14.4 Å². The Hall–Kier alpha value is -3.87. The van der Waals surface area contributed by atoms with Gasteiger partial charge in [-0.05, 0) is 72.8 Å². The van der Waals surface area contributed by atoms with Crippen molar-refractivity contribution < 1.29 is 23.4 Å². The van der Waals surface area contributed by atoms with Crippen LogP contribution in [0.2, 0.25) is 0 Å². The van der Waals surface area contributed by atoms with E-state index in [4.69, 9.17) is 23.8 Å². The highest BCUT2D eigenvalue weighted by molar-refractivity contribution is 7.44. The number of nitro groups is 1. The number of hydrogen-bond donors (Lipinski definition) is 0. The molecular weight excluding hydrogens is 633 g/mol. The van der Waals surface area contributed by atoms with Gasteiger partial charge in [-0.2, -0.15) is 10.5 Å². The molecule has 14 heteroatoms. The van der Waals surface area contributed by atoms with Gasteiger partial charge in [-0.3, -0.25) is 10.1 Å². The maximum atomic E-state index is 11.2. The van der Waals surface area contributed by atoms with Gasteiger partial charge in [0, 0.05) is 53.6 Å². The number of azo groups is 1. The number of unbranched alkanes of at least 4 members (excludes halogenated alkanes) is 1.